The average Bonchev–Trinajstić information content (AvgIpc) is 2.86. The largest absolute Gasteiger partial charge is 0.484 e. The zero-order chi connectivity index (χ0) is 25.2. The van der Waals surface area contributed by atoms with E-state index < -0.39 is 6.04 Å². The van der Waals surface area contributed by atoms with Crippen LogP contribution in [-0.2, 0) is 22.6 Å². The standard InChI is InChI=1S/C28H30ClIN2O3/c1-3-20(2)31-28(34)26(17-21-8-5-4-6-9-21)32(18-22-10-7-11-23(29)16-22)27(33)19-35-25-14-12-24(30)13-15-25/h4-16,20,26H,3,17-19H2,1-2H3,(H,31,34)/t20-,26+/m1/s1. The molecule has 0 radical (unpaired) electrons. The van der Waals surface area contributed by atoms with E-state index in [1.165, 1.54) is 0 Å². The fourth-order valence-corrected chi connectivity index (χ4v) is 4.16. The first-order valence-corrected chi connectivity index (χ1v) is 13.1. The smallest absolute Gasteiger partial charge is 0.261 e. The topological polar surface area (TPSA) is 58.6 Å². The van der Waals surface area contributed by atoms with Gasteiger partial charge in [-0.05, 0) is 83.5 Å². The predicted octanol–water partition coefficient (Wildman–Crippen LogP) is 5.88. The Kier molecular flexibility index (Phi) is 10.4. The number of rotatable bonds is 11. The van der Waals surface area contributed by atoms with Crippen molar-refractivity contribution in [3.8, 4) is 5.75 Å². The first kappa shape index (κ1) is 27.0. The number of hydrogen-bond donors (Lipinski definition) is 1. The molecular formula is C28H30ClIN2O3. The quantitative estimate of drug-likeness (QED) is 0.278. The van der Waals surface area contributed by atoms with Crippen molar-refractivity contribution < 1.29 is 14.3 Å². The van der Waals surface area contributed by atoms with Crippen LogP contribution in [0.2, 0.25) is 5.02 Å². The van der Waals surface area contributed by atoms with Crippen molar-refractivity contribution in [3.63, 3.8) is 0 Å². The van der Waals surface area contributed by atoms with Gasteiger partial charge in [0.05, 0.1) is 0 Å². The Morgan fingerprint density at radius 3 is 2.34 bits per heavy atom. The monoisotopic (exact) mass is 604 g/mol. The van der Waals surface area contributed by atoms with E-state index in [-0.39, 0.29) is 31.0 Å². The zero-order valence-electron chi connectivity index (χ0n) is 19.9. The normalized spacial score (nSPS) is 12.5. The molecule has 35 heavy (non-hydrogen) atoms. The van der Waals surface area contributed by atoms with Gasteiger partial charge in [-0.2, -0.15) is 0 Å². The lowest BCUT2D eigenvalue weighted by Crippen LogP contribution is -2.53. The van der Waals surface area contributed by atoms with Crippen LogP contribution in [0.5, 0.6) is 5.75 Å². The SMILES string of the molecule is CC[C@@H](C)NC(=O)[C@H](Cc1ccccc1)N(Cc1cccc(Cl)c1)C(=O)COc1ccc(I)cc1. The van der Waals surface area contributed by atoms with E-state index in [2.05, 4.69) is 27.9 Å². The third kappa shape index (κ3) is 8.54. The molecule has 0 aliphatic carbocycles. The van der Waals surface area contributed by atoms with Gasteiger partial charge in [0.15, 0.2) is 6.61 Å². The minimum absolute atomic E-state index is 0.00747. The molecule has 0 fully saturated rings. The summed E-state index contributed by atoms with van der Waals surface area (Å²) in [6, 6.07) is 23.8. The summed E-state index contributed by atoms with van der Waals surface area (Å²) in [4.78, 5) is 28.6. The second kappa shape index (κ2) is 13.5. The first-order valence-electron chi connectivity index (χ1n) is 11.6. The van der Waals surface area contributed by atoms with Crippen LogP contribution in [0.3, 0.4) is 0 Å². The van der Waals surface area contributed by atoms with Gasteiger partial charge in [0.2, 0.25) is 5.91 Å². The number of carbonyl (C=O) groups excluding carboxylic acids is 2. The number of carbonyl (C=O) groups is 2. The lowest BCUT2D eigenvalue weighted by atomic mass is 10.0. The van der Waals surface area contributed by atoms with E-state index >= 15 is 0 Å². The second-order valence-electron chi connectivity index (χ2n) is 8.42. The summed E-state index contributed by atoms with van der Waals surface area (Å²) in [7, 11) is 0. The van der Waals surface area contributed by atoms with Crippen LogP contribution in [0.4, 0.5) is 0 Å². The third-order valence-corrected chi connectivity index (χ3v) is 6.64. The van der Waals surface area contributed by atoms with E-state index in [0.29, 0.717) is 17.2 Å². The molecule has 2 amide bonds. The Morgan fingerprint density at radius 2 is 1.69 bits per heavy atom. The molecule has 3 aromatic carbocycles. The van der Waals surface area contributed by atoms with Crippen molar-refractivity contribution in [2.24, 2.45) is 0 Å². The van der Waals surface area contributed by atoms with Gasteiger partial charge in [0, 0.05) is 27.6 Å². The summed E-state index contributed by atoms with van der Waals surface area (Å²) >= 11 is 8.43. The van der Waals surface area contributed by atoms with E-state index in [1.807, 2.05) is 86.6 Å². The van der Waals surface area contributed by atoms with Crippen LogP contribution in [0.1, 0.15) is 31.4 Å². The maximum atomic E-state index is 13.6. The van der Waals surface area contributed by atoms with E-state index in [9.17, 15) is 9.59 Å². The van der Waals surface area contributed by atoms with E-state index in [1.54, 1.807) is 11.0 Å². The fraction of sp³-hybridized carbons (Fsp3) is 0.286. The minimum atomic E-state index is -0.710. The molecule has 0 saturated carbocycles. The maximum Gasteiger partial charge on any atom is 0.261 e. The van der Waals surface area contributed by atoms with Crippen molar-refractivity contribution in [3.05, 3.63) is 98.6 Å². The molecule has 0 aliphatic rings. The molecule has 5 nitrogen and oxygen atoms in total. The third-order valence-electron chi connectivity index (χ3n) is 5.69. The van der Waals surface area contributed by atoms with Gasteiger partial charge in [-0.1, -0.05) is 61.0 Å². The van der Waals surface area contributed by atoms with Gasteiger partial charge < -0.3 is 15.0 Å². The Labute approximate surface area is 226 Å². The van der Waals surface area contributed by atoms with E-state index in [0.717, 1.165) is 21.1 Å². The van der Waals surface area contributed by atoms with Gasteiger partial charge in [-0.25, -0.2) is 0 Å². The van der Waals surface area contributed by atoms with Crippen molar-refractivity contribution >= 4 is 46.0 Å². The Hall–Kier alpha value is -2.58. The van der Waals surface area contributed by atoms with Gasteiger partial charge in [-0.3, -0.25) is 9.59 Å². The Bertz CT molecular complexity index is 1110. The molecule has 1 N–H and O–H groups in total. The molecule has 2 atom stereocenters. The van der Waals surface area contributed by atoms with Crippen LogP contribution in [0.15, 0.2) is 78.9 Å². The summed E-state index contributed by atoms with van der Waals surface area (Å²) in [5.41, 5.74) is 1.81. The first-order chi connectivity index (χ1) is 16.9. The highest BCUT2D eigenvalue weighted by atomic mass is 127. The zero-order valence-corrected chi connectivity index (χ0v) is 22.8. The molecule has 0 spiro atoms. The summed E-state index contributed by atoms with van der Waals surface area (Å²) in [6.45, 7) is 4.03. The van der Waals surface area contributed by atoms with Crippen molar-refractivity contribution in [1.82, 2.24) is 10.2 Å². The highest BCUT2D eigenvalue weighted by Crippen LogP contribution is 2.19. The number of halogens is 2. The molecule has 0 saturated heterocycles. The van der Waals surface area contributed by atoms with Crippen LogP contribution < -0.4 is 10.1 Å². The molecule has 7 heteroatoms. The molecule has 184 valence electrons. The highest BCUT2D eigenvalue weighted by Gasteiger charge is 2.31. The number of nitrogens with zero attached hydrogens (tertiary/aromatic N) is 1. The predicted molar refractivity (Wildman–Crippen MR) is 148 cm³/mol. The second-order valence-corrected chi connectivity index (χ2v) is 10.1. The van der Waals surface area contributed by atoms with Gasteiger partial charge in [-0.15, -0.1) is 0 Å². The highest BCUT2D eigenvalue weighted by molar-refractivity contribution is 14.1. The summed E-state index contributed by atoms with van der Waals surface area (Å²) in [5.74, 6) is 0.141. The number of ether oxygens (including phenoxy) is 1. The summed E-state index contributed by atoms with van der Waals surface area (Å²) < 4.78 is 6.87. The van der Waals surface area contributed by atoms with Crippen molar-refractivity contribution in [1.29, 1.82) is 0 Å². The molecule has 0 aliphatic heterocycles. The molecule has 0 unspecified atom stereocenters. The number of nitrogens with one attached hydrogen (secondary N) is 1. The summed E-state index contributed by atoms with van der Waals surface area (Å²) in [6.07, 6.45) is 1.18. The molecule has 3 rings (SSSR count). The minimum Gasteiger partial charge on any atom is -0.484 e. The van der Waals surface area contributed by atoms with Gasteiger partial charge in [0.1, 0.15) is 11.8 Å². The van der Waals surface area contributed by atoms with Gasteiger partial charge in [0.25, 0.3) is 5.91 Å². The van der Waals surface area contributed by atoms with Crippen LogP contribution in [0.25, 0.3) is 0 Å². The molecule has 0 bridgehead atoms. The lowest BCUT2D eigenvalue weighted by Gasteiger charge is -2.32. The molecule has 0 aromatic heterocycles. The number of hydrogen-bond acceptors (Lipinski definition) is 3. The van der Waals surface area contributed by atoms with Gasteiger partial charge >= 0.3 is 0 Å². The summed E-state index contributed by atoms with van der Waals surface area (Å²) in [5, 5.41) is 3.64. The molecule has 3 aromatic rings. The van der Waals surface area contributed by atoms with E-state index in [4.69, 9.17) is 16.3 Å². The number of amides is 2. The maximum absolute atomic E-state index is 13.6. The molecule has 0 heterocycles. The van der Waals surface area contributed by atoms with Crippen molar-refractivity contribution in [2.45, 2.75) is 45.3 Å². The van der Waals surface area contributed by atoms with Crippen molar-refractivity contribution in [2.75, 3.05) is 6.61 Å². The fourth-order valence-electron chi connectivity index (χ4n) is 3.59. The van der Waals surface area contributed by atoms with Crippen LogP contribution >= 0.6 is 34.2 Å². The Balaban J connectivity index is 1.90. The van der Waals surface area contributed by atoms with Crippen LogP contribution in [0, 0.1) is 3.57 Å². The Morgan fingerprint density at radius 1 is 1.00 bits per heavy atom. The molecular weight excluding hydrogens is 575 g/mol. The lowest BCUT2D eigenvalue weighted by molar-refractivity contribution is -0.143. The number of benzene rings is 3. The average molecular weight is 605 g/mol. The van der Waals surface area contributed by atoms with Crippen LogP contribution in [-0.4, -0.2) is 35.4 Å².